The van der Waals surface area contributed by atoms with Gasteiger partial charge in [0.2, 0.25) is 0 Å². The topological polar surface area (TPSA) is 37.4 Å². The number of hydrogen-bond donors (Lipinski definition) is 0. The highest BCUT2D eigenvalue weighted by molar-refractivity contribution is 5.12. The summed E-state index contributed by atoms with van der Waals surface area (Å²) >= 11 is 0. The summed E-state index contributed by atoms with van der Waals surface area (Å²) in [4.78, 5) is 9.47. The predicted octanol–water partition coefficient (Wildman–Crippen LogP) is 2.89. The van der Waals surface area contributed by atoms with Gasteiger partial charge in [0.15, 0.2) is 0 Å². The Balaban J connectivity index is 1.74. The Morgan fingerprint density at radius 1 is 1.41 bits per heavy atom. The second kappa shape index (κ2) is 6.26. The lowest BCUT2D eigenvalue weighted by Gasteiger charge is -2.34. The van der Waals surface area contributed by atoms with E-state index in [-0.39, 0.29) is 0 Å². The first-order chi connectivity index (χ1) is 10.6. The van der Waals surface area contributed by atoms with Gasteiger partial charge in [0.05, 0.1) is 24.5 Å². The summed E-state index contributed by atoms with van der Waals surface area (Å²) in [5, 5.41) is 0. The Kier molecular flexibility index (Phi) is 4.36. The number of imidazole rings is 1. The molecule has 22 heavy (non-hydrogen) atoms. The van der Waals surface area contributed by atoms with Crippen molar-refractivity contribution in [3.8, 4) is 0 Å². The van der Waals surface area contributed by atoms with Crippen molar-refractivity contribution < 1.29 is 4.42 Å². The van der Waals surface area contributed by atoms with Crippen LogP contribution in [0.4, 0.5) is 0 Å². The fourth-order valence-electron chi connectivity index (χ4n) is 2.99. The molecule has 120 valence electrons. The van der Waals surface area contributed by atoms with Crippen molar-refractivity contribution in [3.05, 3.63) is 41.9 Å². The molecule has 2 aromatic heterocycles. The average molecular weight is 302 g/mol. The van der Waals surface area contributed by atoms with Crippen LogP contribution < -0.4 is 0 Å². The summed E-state index contributed by atoms with van der Waals surface area (Å²) in [5.74, 6) is 2.19. The molecule has 2 aromatic rings. The van der Waals surface area contributed by atoms with Crippen LogP contribution >= 0.6 is 0 Å². The molecule has 0 saturated heterocycles. The number of fused-ring (bicyclic) bond motifs is 1. The normalized spacial score (nSPS) is 19.1. The van der Waals surface area contributed by atoms with E-state index in [0.717, 1.165) is 31.9 Å². The first-order valence-corrected chi connectivity index (χ1v) is 8.07. The minimum atomic E-state index is 0.317. The van der Waals surface area contributed by atoms with Crippen molar-refractivity contribution in [2.45, 2.75) is 52.5 Å². The van der Waals surface area contributed by atoms with E-state index in [0.29, 0.717) is 12.1 Å². The molecule has 1 atom stereocenters. The zero-order chi connectivity index (χ0) is 15.7. The van der Waals surface area contributed by atoms with Crippen LogP contribution in [-0.4, -0.2) is 39.0 Å². The second-order valence-electron chi connectivity index (χ2n) is 6.49. The maximum atomic E-state index is 5.48. The summed E-state index contributed by atoms with van der Waals surface area (Å²) in [5.41, 5.74) is 1.32. The summed E-state index contributed by atoms with van der Waals surface area (Å²) in [7, 11) is 2.17. The zero-order valence-corrected chi connectivity index (χ0v) is 14.0. The molecule has 0 radical (unpaired) electrons. The fraction of sp³-hybridized carbons (Fsp3) is 0.588. The molecule has 0 N–H and O–H groups in total. The van der Waals surface area contributed by atoms with Gasteiger partial charge in [0.25, 0.3) is 0 Å². The highest BCUT2D eigenvalue weighted by atomic mass is 16.3. The molecule has 1 aliphatic heterocycles. The molecule has 5 heteroatoms. The van der Waals surface area contributed by atoms with E-state index in [9.17, 15) is 0 Å². The van der Waals surface area contributed by atoms with Gasteiger partial charge in [-0.15, -0.1) is 0 Å². The summed E-state index contributed by atoms with van der Waals surface area (Å²) < 4.78 is 7.87. The molecular formula is C17H26N4O. The number of hydrogen-bond acceptors (Lipinski definition) is 4. The average Bonchev–Trinajstić information content (AvgIpc) is 3.12. The van der Waals surface area contributed by atoms with Gasteiger partial charge >= 0.3 is 0 Å². The van der Waals surface area contributed by atoms with Gasteiger partial charge in [-0.3, -0.25) is 9.80 Å². The summed E-state index contributed by atoms with van der Waals surface area (Å²) in [6.07, 6.45) is 3.78. The van der Waals surface area contributed by atoms with E-state index in [1.165, 1.54) is 11.5 Å². The first-order valence-electron chi connectivity index (χ1n) is 8.07. The van der Waals surface area contributed by atoms with Gasteiger partial charge < -0.3 is 8.98 Å². The minimum absolute atomic E-state index is 0.317. The molecule has 3 rings (SSSR count). The molecule has 0 aliphatic carbocycles. The van der Waals surface area contributed by atoms with E-state index in [1.807, 2.05) is 18.3 Å². The molecule has 1 unspecified atom stereocenters. The molecule has 0 aromatic carbocycles. The van der Waals surface area contributed by atoms with Crippen LogP contribution in [0, 0.1) is 0 Å². The van der Waals surface area contributed by atoms with Crippen molar-refractivity contribution in [2.75, 3.05) is 13.6 Å². The third-order valence-corrected chi connectivity index (χ3v) is 4.73. The van der Waals surface area contributed by atoms with Crippen LogP contribution in [0.25, 0.3) is 0 Å². The van der Waals surface area contributed by atoms with Crippen LogP contribution in [0.3, 0.4) is 0 Å². The SMILES string of the molecule is CC(C)N(C)Cc1cnc2n1CCN(Cc1ccco1)C2C. The number of furan rings is 1. The molecule has 0 spiro atoms. The van der Waals surface area contributed by atoms with Gasteiger partial charge in [-0.1, -0.05) is 0 Å². The van der Waals surface area contributed by atoms with Crippen LogP contribution in [0.5, 0.6) is 0 Å². The Labute approximate surface area is 132 Å². The Morgan fingerprint density at radius 3 is 2.91 bits per heavy atom. The fourth-order valence-corrected chi connectivity index (χ4v) is 2.99. The third kappa shape index (κ3) is 2.96. The van der Waals surface area contributed by atoms with E-state index in [1.54, 1.807) is 6.26 Å². The van der Waals surface area contributed by atoms with Gasteiger partial charge in [-0.25, -0.2) is 4.98 Å². The minimum Gasteiger partial charge on any atom is -0.468 e. The summed E-state index contributed by atoms with van der Waals surface area (Å²) in [6, 6.07) is 4.85. The van der Waals surface area contributed by atoms with E-state index in [2.05, 4.69) is 42.2 Å². The van der Waals surface area contributed by atoms with E-state index in [4.69, 9.17) is 9.40 Å². The first kappa shape index (κ1) is 15.3. The molecule has 0 amide bonds. The van der Waals surface area contributed by atoms with Gasteiger partial charge in [-0.2, -0.15) is 0 Å². The number of rotatable bonds is 5. The van der Waals surface area contributed by atoms with Crippen LogP contribution in [0.1, 0.15) is 44.1 Å². The quantitative estimate of drug-likeness (QED) is 0.851. The van der Waals surface area contributed by atoms with Crippen LogP contribution in [-0.2, 0) is 19.6 Å². The molecule has 3 heterocycles. The van der Waals surface area contributed by atoms with Gasteiger partial charge in [-0.05, 0) is 40.0 Å². The molecule has 0 fully saturated rings. The maximum Gasteiger partial charge on any atom is 0.126 e. The van der Waals surface area contributed by atoms with E-state index >= 15 is 0 Å². The molecule has 0 saturated carbocycles. The standard InChI is InChI=1S/C17H26N4O/c1-13(2)19(4)11-15-10-18-17-14(3)20(7-8-21(15)17)12-16-6-5-9-22-16/h5-6,9-10,13-14H,7-8,11-12H2,1-4H3. The van der Waals surface area contributed by atoms with Crippen molar-refractivity contribution in [1.29, 1.82) is 0 Å². The monoisotopic (exact) mass is 302 g/mol. The number of nitrogens with zero attached hydrogens (tertiary/aromatic N) is 4. The lowest BCUT2D eigenvalue weighted by Crippen LogP contribution is -2.37. The van der Waals surface area contributed by atoms with Crippen molar-refractivity contribution in [2.24, 2.45) is 0 Å². The Bertz CT molecular complexity index is 602. The molecule has 1 aliphatic rings. The van der Waals surface area contributed by atoms with Gasteiger partial charge in [0.1, 0.15) is 11.6 Å². The third-order valence-electron chi connectivity index (χ3n) is 4.73. The lowest BCUT2D eigenvalue weighted by atomic mass is 10.2. The molecule has 5 nitrogen and oxygen atoms in total. The van der Waals surface area contributed by atoms with E-state index < -0.39 is 0 Å². The second-order valence-corrected chi connectivity index (χ2v) is 6.49. The van der Waals surface area contributed by atoms with Crippen molar-refractivity contribution in [3.63, 3.8) is 0 Å². The zero-order valence-electron chi connectivity index (χ0n) is 14.0. The van der Waals surface area contributed by atoms with Crippen LogP contribution in [0.15, 0.2) is 29.0 Å². The highest BCUT2D eigenvalue weighted by Crippen LogP contribution is 2.27. The largest absolute Gasteiger partial charge is 0.468 e. The smallest absolute Gasteiger partial charge is 0.126 e. The number of aromatic nitrogens is 2. The Hall–Kier alpha value is -1.59. The van der Waals surface area contributed by atoms with Crippen LogP contribution in [0.2, 0.25) is 0 Å². The lowest BCUT2D eigenvalue weighted by molar-refractivity contribution is 0.142. The molecular weight excluding hydrogens is 276 g/mol. The summed E-state index contributed by atoms with van der Waals surface area (Å²) in [6.45, 7) is 10.5. The van der Waals surface area contributed by atoms with Gasteiger partial charge in [0, 0.05) is 31.9 Å². The highest BCUT2D eigenvalue weighted by Gasteiger charge is 2.27. The molecule has 0 bridgehead atoms. The van der Waals surface area contributed by atoms with Crippen molar-refractivity contribution in [1.82, 2.24) is 19.4 Å². The Morgan fingerprint density at radius 2 is 2.23 bits per heavy atom. The predicted molar refractivity (Wildman–Crippen MR) is 86.4 cm³/mol. The maximum absolute atomic E-state index is 5.48. The van der Waals surface area contributed by atoms with Crippen molar-refractivity contribution >= 4 is 0 Å².